The lowest BCUT2D eigenvalue weighted by Gasteiger charge is -2.35. The van der Waals surface area contributed by atoms with Gasteiger partial charge in [-0.05, 0) is 42.0 Å². The molecule has 8 nitrogen and oxygen atoms in total. The molecular weight excluding hydrogens is 430 g/mol. The monoisotopic (exact) mass is 457 g/mol. The summed E-state index contributed by atoms with van der Waals surface area (Å²) in [5.74, 6) is 1.51. The molecule has 2 aromatic rings. The van der Waals surface area contributed by atoms with Crippen molar-refractivity contribution in [1.29, 1.82) is 0 Å². The summed E-state index contributed by atoms with van der Waals surface area (Å²) in [6, 6.07) is 12.7. The van der Waals surface area contributed by atoms with E-state index in [4.69, 9.17) is 9.47 Å². The van der Waals surface area contributed by atoms with Gasteiger partial charge in [0.1, 0.15) is 0 Å². The summed E-state index contributed by atoms with van der Waals surface area (Å²) in [6.45, 7) is 7.67. The summed E-state index contributed by atoms with van der Waals surface area (Å²) in [5.41, 5.74) is 2.21. The summed E-state index contributed by atoms with van der Waals surface area (Å²) < 4.78 is 36.0. The minimum absolute atomic E-state index is 0.0473. The Morgan fingerprint density at radius 3 is 2.41 bits per heavy atom. The molecule has 0 atom stereocenters. The molecule has 2 aliphatic rings. The molecule has 9 heteroatoms. The Hall–Kier alpha value is -3.04. The molecule has 0 N–H and O–H groups in total. The van der Waals surface area contributed by atoms with E-state index in [0.29, 0.717) is 24.3 Å². The highest BCUT2D eigenvalue weighted by Crippen LogP contribution is 2.32. The maximum Gasteiger partial charge on any atom is 0.253 e. The second-order valence-corrected chi connectivity index (χ2v) is 9.79. The third kappa shape index (κ3) is 4.89. The fourth-order valence-corrected chi connectivity index (χ4v) is 4.79. The molecule has 2 heterocycles. The number of piperazine rings is 1. The van der Waals surface area contributed by atoms with Gasteiger partial charge in [0, 0.05) is 38.3 Å². The van der Waals surface area contributed by atoms with E-state index >= 15 is 0 Å². The smallest absolute Gasteiger partial charge is 0.253 e. The van der Waals surface area contributed by atoms with Gasteiger partial charge in [0.05, 0.1) is 18.5 Å². The molecule has 0 bridgehead atoms. The fourth-order valence-electron chi connectivity index (χ4n) is 3.91. The summed E-state index contributed by atoms with van der Waals surface area (Å²) in [7, 11) is -3.42. The van der Waals surface area contributed by atoms with Crippen LogP contribution in [0.1, 0.15) is 15.9 Å². The average molecular weight is 458 g/mol. The number of rotatable bonds is 7. The first-order valence-electron chi connectivity index (χ1n) is 10.4. The number of fused-ring (bicyclic) bond motifs is 1. The molecule has 0 saturated carbocycles. The van der Waals surface area contributed by atoms with E-state index in [0.717, 1.165) is 43.0 Å². The Bertz CT molecular complexity index is 1090. The third-order valence-corrected chi connectivity index (χ3v) is 6.76. The molecule has 0 spiro atoms. The van der Waals surface area contributed by atoms with Crippen LogP contribution in [0.5, 0.6) is 11.5 Å². The van der Waals surface area contributed by atoms with Crippen LogP contribution in [0.4, 0.5) is 5.69 Å². The highest BCUT2D eigenvalue weighted by molar-refractivity contribution is 7.92. The van der Waals surface area contributed by atoms with E-state index in [-0.39, 0.29) is 19.2 Å². The number of anilines is 1. The van der Waals surface area contributed by atoms with Gasteiger partial charge in [-0.1, -0.05) is 12.1 Å². The first-order valence-corrected chi connectivity index (χ1v) is 12.3. The van der Waals surface area contributed by atoms with Gasteiger partial charge < -0.3 is 14.4 Å². The van der Waals surface area contributed by atoms with E-state index in [9.17, 15) is 13.2 Å². The maximum atomic E-state index is 12.9. The molecule has 4 rings (SSSR count). The van der Waals surface area contributed by atoms with Crippen LogP contribution in [-0.4, -0.2) is 69.9 Å². The van der Waals surface area contributed by atoms with Gasteiger partial charge in [-0.3, -0.25) is 14.0 Å². The molecule has 0 unspecified atom stereocenters. The number of carbonyl (C=O) groups is 1. The van der Waals surface area contributed by atoms with Crippen molar-refractivity contribution < 1.29 is 22.7 Å². The summed E-state index contributed by atoms with van der Waals surface area (Å²) in [4.78, 5) is 17.1. The largest absolute Gasteiger partial charge is 0.454 e. The topological polar surface area (TPSA) is 79.4 Å². The Morgan fingerprint density at radius 1 is 1.06 bits per heavy atom. The van der Waals surface area contributed by atoms with Crippen molar-refractivity contribution in [3.05, 3.63) is 66.2 Å². The molecule has 32 heavy (non-hydrogen) atoms. The van der Waals surface area contributed by atoms with Gasteiger partial charge >= 0.3 is 0 Å². The van der Waals surface area contributed by atoms with Crippen molar-refractivity contribution in [2.45, 2.75) is 6.54 Å². The first-order chi connectivity index (χ1) is 15.3. The minimum atomic E-state index is -3.42. The molecule has 1 fully saturated rings. The van der Waals surface area contributed by atoms with Crippen molar-refractivity contribution in [1.82, 2.24) is 9.80 Å². The van der Waals surface area contributed by atoms with Gasteiger partial charge in [0.15, 0.2) is 11.5 Å². The number of benzene rings is 2. The van der Waals surface area contributed by atoms with E-state index < -0.39 is 10.0 Å². The lowest BCUT2D eigenvalue weighted by Crippen LogP contribution is -2.48. The summed E-state index contributed by atoms with van der Waals surface area (Å²) in [5, 5.41) is 0. The van der Waals surface area contributed by atoms with Crippen LogP contribution in [0.25, 0.3) is 0 Å². The van der Waals surface area contributed by atoms with Gasteiger partial charge in [0.2, 0.25) is 16.8 Å². The molecule has 2 aliphatic heterocycles. The average Bonchev–Trinajstić information content (AvgIpc) is 3.25. The quantitative estimate of drug-likeness (QED) is 0.594. The molecule has 1 amide bonds. The van der Waals surface area contributed by atoms with Crippen LogP contribution < -0.4 is 13.8 Å². The van der Waals surface area contributed by atoms with E-state index in [1.165, 1.54) is 10.4 Å². The van der Waals surface area contributed by atoms with Gasteiger partial charge in [-0.25, -0.2) is 8.42 Å². The molecule has 0 aliphatic carbocycles. The van der Waals surface area contributed by atoms with Crippen LogP contribution in [0, 0.1) is 0 Å². The number of sulfonamides is 1. The Balaban J connectivity index is 1.34. The van der Waals surface area contributed by atoms with Crippen molar-refractivity contribution in [2.24, 2.45) is 0 Å². The van der Waals surface area contributed by atoms with Crippen molar-refractivity contribution in [3.8, 4) is 11.5 Å². The number of amides is 1. The van der Waals surface area contributed by atoms with E-state index in [1.54, 1.807) is 24.3 Å². The predicted molar refractivity (Wildman–Crippen MR) is 123 cm³/mol. The van der Waals surface area contributed by atoms with Crippen LogP contribution in [0.2, 0.25) is 0 Å². The molecule has 2 aromatic carbocycles. The zero-order valence-electron chi connectivity index (χ0n) is 18.1. The SMILES string of the molecule is C=CCN(c1ccc(C(=O)N2CCN(Cc3ccc4c(c3)OCO4)CC2)cc1)S(C)(=O)=O. The highest BCUT2D eigenvalue weighted by atomic mass is 32.2. The molecule has 0 aromatic heterocycles. The van der Waals surface area contributed by atoms with Crippen LogP contribution in [0.3, 0.4) is 0 Å². The lowest BCUT2D eigenvalue weighted by atomic mass is 10.1. The van der Waals surface area contributed by atoms with Crippen LogP contribution in [0.15, 0.2) is 55.1 Å². The Labute approximate surface area is 188 Å². The van der Waals surface area contributed by atoms with Crippen LogP contribution in [-0.2, 0) is 16.6 Å². The normalized spacial score (nSPS) is 16.1. The van der Waals surface area contributed by atoms with Crippen LogP contribution >= 0.6 is 0 Å². The number of hydrogen-bond acceptors (Lipinski definition) is 6. The minimum Gasteiger partial charge on any atom is -0.454 e. The van der Waals surface area contributed by atoms with Crippen molar-refractivity contribution >= 4 is 21.6 Å². The molecular formula is C23H27N3O5S. The zero-order valence-corrected chi connectivity index (χ0v) is 18.9. The number of nitrogens with zero attached hydrogens (tertiary/aromatic N) is 3. The second-order valence-electron chi connectivity index (χ2n) is 7.89. The van der Waals surface area contributed by atoms with Crippen molar-refractivity contribution in [3.63, 3.8) is 0 Å². The van der Waals surface area contributed by atoms with Gasteiger partial charge in [-0.15, -0.1) is 6.58 Å². The third-order valence-electron chi connectivity index (χ3n) is 5.60. The van der Waals surface area contributed by atoms with E-state index in [2.05, 4.69) is 11.5 Å². The second kappa shape index (κ2) is 9.22. The van der Waals surface area contributed by atoms with E-state index in [1.807, 2.05) is 23.1 Å². The fraction of sp³-hybridized carbons (Fsp3) is 0.348. The predicted octanol–water partition coefficient (Wildman–Crippen LogP) is 2.33. The number of ether oxygens (including phenoxy) is 2. The zero-order chi connectivity index (χ0) is 22.7. The van der Waals surface area contributed by atoms with Gasteiger partial charge in [0.25, 0.3) is 5.91 Å². The number of carbonyl (C=O) groups excluding carboxylic acids is 1. The number of hydrogen-bond donors (Lipinski definition) is 0. The summed E-state index contributed by atoms with van der Waals surface area (Å²) >= 11 is 0. The molecule has 170 valence electrons. The molecule has 0 radical (unpaired) electrons. The Morgan fingerprint density at radius 2 is 1.75 bits per heavy atom. The lowest BCUT2D eigenvalue weighted by molar-refractivity contribution is 0.0628. The van der Waals surface area contributed by atoms with Crippen molar-refractivity contribution in [2.75, 3.05) is 50.1 Å². The molecule has 1 saturated heterocycles. The van der Waals surface area contributed by atoms with Gasteiger partial charge in [-0.2, -0.15) is 0 Å². The highest BCUT2D eigenvalue weighted by Gasteiger charge is 2.23. The first kappa shape index (κ1) is 22.2. The summed E-state index contributed by atoms with van der Waals surface area (Å²) in [6.07, 6.45) is 2.68. The standard InChI is InChI=1S/C23H27N3O5S/c1-3-10-26(32(2,28)29)20-7-5-19(6-8-20)23(27)25-13-11-24(12-14-25)16-18-4-9-21-22(15-18)31-17-30-21/h3-9,15H,1,10-14,16-17H2,2H3. The maximum absolute atomic E-state index is 12.9. The Kier molecular flexibility index (Phi) is 6.38.